The Morgan fingerprint density at radius 1 is 1.23 bits per heavy atom. The Morgan fingerprint density at radius 2 is 1.85 bits per heavy atom. The maximum atomic E-state index is 10.1. The molecule has 0 aliphatic heterocycles. The number of hydrogen-bond donors (Lipinski definition) is 0. The number of alkyl halides is 1. The van der Waals surface area contributed by atoms with Crippen LogP contribution in [0.2, 0.25) is 0 Å². The lowest BCUT2D eigenvalue weighted by Gasteiger charge is -1.95. The van der Waals surface area contributed by atoms with E-state index in [1.807, 2.05) is 13.0 Å². The van der Waals surface area contributed by atoms with Crippen LogP contribution >= 0.6 is 23.2 Å². The highest BCUT2D eigenvalue weighted by atomic mass is 35.5. The summed E-state index contributed by atoms with van der Waals surface area (Å²) in [7, 11) is 0. The van der Waals surface area contributed by atoms with Crippen LogP contribution in [0.5, 0.6) is 0 Å². The number of rotatable bonds is 4. The molecule has 0 heterocycles. The highest BCUT2D eigenvalue weighted by molar-refractivity contribution is 6.32. The van der Waals surface area contributed by atoms with Gasteiger partial charge in [0.25, 0.3) is 0 Å². The molecule has 1 nitrogen and oxygen atoms in total. The van der Waals surface area contributed by atoms with E-state index in [1.54, 1.807) is 13.0 Å². The molecule has 0 aliphatic rings. The largest absolute Gasteiger partial charge is 0.299 e. The lowest BCUT2D eigenvalue weighted by molar-refractivity contribution is -0.104. The molecule has 0 atom stereocenters. The lowest BCUT2D eigenvalue weighted by Crippen LogP contribution is -1.78. The quantitative estimate of drug-likeness (QED) is 0.306. The van der Waals surface area contributed by atoms with Crippen LogP contribution < -0.4 is 0 Å². The van der Waals surface area contributed by atoms with Gasteiger partial charge in [0, 0.05) is 10.9 Å². The second-order valence-corrected chi connectivity index (χ2v) is 3.32. The zero-order valence-electron chi connectivity index (χ0n) is 7.68. The van der Waals surface area contributed by atoms with Gasteiger partial charge in [-0.15, -0.1) is 11.6 Å². The molecule has 0 spiro atoms. The Hall–Kier alpha value is -0.530. The fourth-order valence-electron chi connectivity index (χ4n) is 0.573. The smallest absolute Gasteiger partial charge is 0.143 e. The first kappa shape index (κ1) is 12.5. The van der Waals surface area contributed by atoms with E-state index in [4.69, 9.17) is 23.2 Å². The van der Waals surface area contributed by atoms with Gasteiger partial charge < -0.3 is 0 Å². The van der Waals surface area contributed by atoms with E-state index in [-0.39, 0.29) is 0 Å². The predicted molar refractivity (Wildman–Crippen MR) is 58.2 cm³/mol. The molecule has 0 saturated heterocycles. The topological polar surface area (TPSA) is 17.1 Å². The van der Waals surface area contributed by atoms with Gasteiger partial charge in [0.05, 0.1) is 0 Å². The van der Waals surface area contributed by atoms with Crippen LogP contribution in [0.15, 0.2) is 34.4 Å². The molecule has 0 rings (SSSR count). The predicted octanol–water partition coefficient (Wildman–Crippen LogP) is 3.44. The van der Waals surface area contributed by atoms with Crippen molar-refractivity contribution in [3.63, 3.8) is 0 Å². The first-order chi connectivity index (χ1) is 6.11. The van der Waals surface area contributed by atoms with E-state index in [1.165, 1.54) is 6.08 Å². The van der Waals surface area contributed by atoms with Gasteiger partial charge in [0.2, 0.25) is 0 Å². The summed E-state index contributed by atoms with van der Waals surface area (Å²) < 4.78 is 0. The van der Waals surface area contributed by atoms with E-state index < -0.39 is 0 Å². The number of allylic oxidation sites excluding steroid dienone is 6. The number of hydrogen-bond acceptors (Lipinski definition) is 1. The van der Waals surface area contributed by atoms with Gasteiger partial charge in [-0.1, -0.05) is 23.3 Å². The molecule has 0 N–H and O–H groups in total. The number of carbonyl (C=O) groups is 1. The summed E-state index contributed by atoms with van der Waals surface area (Å²) in [5.74, 6) is 0.483. The van der Waals surface area contributed by atoms with E-state index in [2.05, 4.69) is 0 Å². The minimum atomic E-state index is 0.483. The minimum Gasteiger partial charge on any atom is -0.299 e. The van der Waals surface area contributed by atoms with Crippen LogP contribution in [0.4, 0.5) is 0 Å². The zero-order valence-corrected chi connectivity index (χ0v) is 9.19. The molecule has 0 fully saturated rings. The zero-order chi connectivity index (χ0) is 10.3. The van der Waals surface area contributed by atoms with Crippen molar-refractivity contribution in [2.75, 3.05) is 5.88 Å². The fraction of sp³-hybridized carbons (Fsp3) is 0.300. The molecule has 0 radical (unpaired) electrons. The maximum Gasteiger partial charge on any atom is 0.143 e. The van der Waals surface area contributed by atoms with Crippen molar-refractivity contribution >= 4 is 29.5 Å². The van der Waals surface area contributed by atoms with Gasteiger partial charge in [-0.2, -0.15) is 0 Å². The summed E-state index contributed by atoms with van der Waals surface area (Å²) in [6, 6.07) is 0. The summed E-state index contributed by atoms with van der Waals surface area (Å²) in [5.41, 5.74) is 1.77. The highest BCUT2D eigenvalue weighted by Crippen LogP contribution is 2.13. The van der Waals surface area contributed by atoms with Crippen molar-refractivity contribution in [3.05, 3.63) is 34.4 Å². The van der Waals surface area contributed by atoms with Crippen LogP contribution in [-0.4, -0.2) is 12.2 Å². The van der Waals surface area contributed by atoms with Crippen LogP contribution in [0.1, 0.15) is 13.8 Å². The van der Waals surface area contributed by atoms with Crippen LogP contribution in [0.25, 0.3) is 0 Å². The molecule has 0 aromatic heterocycles. The van der Waals surface area contributed by atoms with Crippen molar-refractivity contribution in [1.82, 2.24) is 0 Å². The summed E-state index contributed by atoms with van der Waals surface area (Å²) >= 11 is 11.4. The molecule has 0 unspecified atom stereocenters. The van der Waals surface area contributed by atoms with Gasteiger partial charge in [-0.25, -0.2) is 0 Å². The molecule has 0 aromatic carbocycles. The third-order valence-electron chi connectivity index (χ3n) is 1.42. The Balaban J connectivity index is 4.50. The van der Waals surface area contributed by atoms with E-state index in [9.17, 15) is 4.79 Å². The molecule has 72 valence electrons. The SMILES string of the molecule is CC(=CC=C(Cl)C(C)=CC=O)CCl. The van der Waals surface area contributed by atoms with Gasteiger partial charge in [0.1, 0.15) is 6.29 Å². The van der Waals surface area contributed by atoms with Gasteiger partial charge in [0.15, 0.2) is 0 Å². The van der Waals surface area contributed by atoms with E-state index >= 15 is 0 Å². The monoisotopic (exact) mass is 218 g/mol. The van der Waals surface area contributed by atoms with Crippen LogP contribution in [-0.2, 0) is 4.79 Å². The van der Waals surface area contributed by atoms with Crippen molar-refractivity contribution in [1.29, 1.82) is 0 Å². The Morgan fingerprint density at radius 3 is 2.31 bits per heavy atom. The van der Waals surface area contributed by atoms with Crippen molar-refractivity contribution in [2.45, 2.75) is 13.8 Å². The van der Waals surface area contributed by atoms with Gasteiger partial charge in [-0.3, -0.25) is 4.79 Å². The number of carbonyl (C=O) groups excluding carboxylic acids is 1. The molecular formula is C10H12Cl2O. The molecule has 13 heavy (non-hydrogen) atoms. The Labute approximate surface area is 88.7 Å². The summed E-state index contributed by atoms with van der Waals surface area (Å²) in [6.45, 7) is 3.68. The summed E-state index contributed by atoms with van der Waals surface area (Å²) in [4.78, 5) is 10.1. The minimum absolute atomic E-state index is 0.483. The third-order valence-corrected chi connectivity index (χ3v) is 2.27. The highest BCUT2D eigenvalue weighted by Gasteiger charge is 1.92. The lowest BCUT2D eigenvalue weighted by atomic mass is 10.2. The maximum absolute atomic E-state index is 10.1. The molecule has 0 aliphatic carbocycles. The average molecular weight is 219 g/mol. The fourth-order valence-corrected chi connectivity index (χ4v) is 0.788. The van der Waals surface area contributed by atoms with Crippen molar-refractivity contribution in [3.8, 4) is 0 Å². The van der Waals surface area contributed by atoms with Crippen molar-refractivity contribution in [2.24, 2.45) is 0 Å². The normalized spacial score (nSPS) is 14.6. The van der Waals surface area contributed by atoms with Crippen molar-refractivity contribution < 1.29 is 4.79 Å². The van der Waals surface area contributed by atoms with Crippen LogP contribution in [0, 0.1) is 0 Å². The molecule has 0 bridgehead atoms. The molecule has 0 amide bonds. The van der Waals surface area contributed by atoms with E-state index in [0.717, 1.165) is 11.1 Å². The average Bonchev–Trinajstić information content (AvgIpc) is 2.13. The molecule has 0 saturated carbocycles. The standard InChI is InChI=1S/C10H12Cl2O/c1-8(7-11)3-4-10(12)9(2)5-6-13/h3-6H,7H2,1-2H3. The van der Waals surface area contributed by atoms with Gasteiger partial charge >= 0.3 is 0 Å². The second-order valence-electron chi connectivity index (χ2n) is 2.65. The first-order valence-electron chi connectivity index (χ1n) is 3.83. The first-order valence-corrected chi connectivity index (χ1v) is 4.74. The van der Waals surface area contributed by atoms with E-state index in [0.29, 0.717) is 17.2 Å². The Kier molecular flexibility index (Phi) is 6.65. The summed E-state index contributed by atoms with van der Waals surface area (Å²) in [5, 5.41) is 0.552. The Bertz CT molecular complexity index is 262. The molecule has 3 heteroatoms. The molecule has 0 aromatic rings. The number of aldehydes is 1. The van der Waals surface area contributed by atoms with Gasteiger partial charge in [-0.05, 0) is 31.6 Å². The second kappa shape index (κ2) is 6.93. The third kappa shape index (κ3) is 5.67. The van der Waals surface area contributed by atoms with Crippen LogP contribution in [0.3, 0.4) is 0 Å². The molecular weight excluding hydrogens is 207 g/mol. The summed E-state index contributed by atoms with van der Waals surface area (Å²) in [6.07, 6.45) is 5.69. The number of halogens is 2.